The van der Waals surface area contributed by atoms with Crippen LogP contribution in [0.4, 0.5) is 8.78 Å². The molecule has 3 nitrogen and oxygen atoms in total. The molecular formula is C11H14BrF2NO2S. The maximum atomic E-state index is 13.5. The summed E-state index contributed by atoms with van der Waals surface area (Å²) < 4.78 is 48.8. The molecular weight excluding hydrogens is 328 g/mol. The zero-order valence-corrected chi connectivity index (χ0v) is 12.2. The van der Waals surface area contributed by atoms with Crippen LogP contribution in [0.2, 0.25) is 0 Å². The van der Waals surface area contributed by atoms with Crippen molar-refractivity contribution in [2.24, 2.45) is 0 Å². The first-order chi connectivity index (χ1) is 8.31. The van der Waals surface area contributed by atoms with Gasteiger partial charge in [0.05, 0.1) is 10.2 Å². The molecule has 0 spiro atoms. The molecule has 0 fully saturated rings. The number of rotatable bonds is 6. The lowest BCUT2D eigenvalue weighted by molar-refractivity contribution is 0.530. The van der Waals surface area contributed by atoms with Crippen molar-refractivity contribution in [3.8, 4) is 0 Å². The molecule has 0 aliphatic heterocycles. The van der Waals surface area contributed by atoms with Crippen molar-refractivity contribution in [1.82, 2.24) is 5.32 Å². The van der Waals surface area contributed by atoms with Crippen LogP contribution >= 0.6 is 15.9 Å². The molecule has 18 heavy (non-hydrogen) atoms. The summed E-state index contributed by atoms with van der Waals surface area (Å²) in [6.07, 6.45) is 1.57. The van der Waals surface area contributed by atoms with E-state index in [1.54, 1.807) is 0 Å². The fourth-order valence-corrected chi connectivity index (χ4v) is 2.44. The van der Waals surface area contributed by atoms with Crippen LogP contribution in [0.5, 0.6) is 0 Å². The van der Waals surface area contributed by atoms with E-state index in [1.165, 1.54) is 12.1 Å². The largest absolute Gasteiger partial charge is 0.312 e. The van der Waals surface area contributed by atoms with Gasteiger partial charge in [-0.3, -0.25) is 0 Å². The molecule has 0 amide bonds. The van der Waals surface area contributed by atoms with Crippen molar-refractivity contribution in [3.63, 3.8) is 0 Å². The van der Waals surface area contributed by atoms with Crippen LogP contribution in [0.25, 0.3) is 0 Å². The Morgan fingerprint density at radius 3 is 2.61 bits per heavy atom. The highest BCUT2D eigenvalue weighted by atomic mass is 79.9. The van der Waals surface area contributed by atoms with Gasteiger partial charge in [0.2, 0.25) is 0 Å². The Labute approximate surface area is 114 Å². The summed E-state index contributed by atoms with van der Waals surface area (Å²) in [6.45, 7) is 0.416. The Morgan fingerprint density at radius 2 is 2.00 bits per heavy atom. The number of sulfone groups is 1. The maximum Gasteiger partial charge on any atom is 0.147 e. The maximum absolute atomic E-state index is 13.5. The molecule has 0 unspecified atom stereocenters. The highest BCUT2D eigenvalue weighted by Crippen LogP contribution is 2.21. The van der Waals surface area contributed by atoms with Gasteiger partial charge in [-0.25, -0.2) is 17.2 Å². The van der Waals surface area contributed by atoms with E-state index in [1.807, 2.05) is 0 Å². The van der Waals surface area contributed by atoms with Gasteiger partial charge in [0.15, 0.2) is 0 Å². The van der Waals surface area contributed by atoms with Crippen LogP contribution in [-0.2, 0) is 16.4 Å². The predicted molar refractivity (Wildman–Crippen MR) is 70.1 cm³/mol. The minimum Gasteiger partial charge on any atom is -0.312 e. The third kappa shape index (κ3) is 4.99. The summed E-state index contributed by atoms with van der Waals surface area (Å²) in [5, 5.41) is 2.82. The average Bonchev–Trinajstić information content (AvgIpc) is 2.26. The lowest BCUT2D eigenvalue weighted by Gasteiger charge is -2.08. The lowest BCUT2D eigenvalue weighted by atomic mass is 10.2. The van der Waals surface area contributed by atoms with E-state index in [4.69, 9.17) is 0 Å². The van der Waals surface area contributed by atoms with Crippen LogP contribution in [0, 0.1) is 11.6 Å². The molecule has 0 saturated heterocycles. The van der Waals surface area contributed by atoms with E-state index in [0.29, 0.717) is 13.0 Å². The highest BCUT2D eigenvalue weighted by molar-refractivity contribution is 9.10. The van der Waals surface area contributed by atoms with E-state index >= 15 is 0 Å². The molecule has 0 heterocycles. The van der Waals surface area contributed by atoms with Gasteiger partial charge in [-0.05, 0) is 41.0 Å². The number of nitrogens with one attached hydrogen (secondary N) is 1. The Morgan fingerprint density at radius 1 is 1.33 bits per heavy atom. The molecule has 1 N–H and O–H groups in total. The van der Waals surface area contributed by atoms with Crippen LogP contribution in [-0.4, -0.2) is 27.0 Å². The predicted octanol–water partition coefficient (Wildman–Crippen LogP) is 2.25. The van der Waals surface area contributed by atoms with Gasteiger partial charge in [-0.2, -0.15) is 0 Å². The van der Waals surface area contributed by atoms with Gasteiger partial charge in [0.25, 0.3) is 0 Å². The summed E-state index contributed by atoms with van der Waals surface area (Å²) >= 11 is 2.98. The number of benzene rings is 1. The Kier molecular flexibility index (Phi) is 5.68. The summed E-state index contributed by atoms with van der Waals surface area (Å²) in [5.41, 5.74) is -0.0521. The Balaban J connectivity index is 2.47. The van der Waals surface area contributed by atoms with E-state index in [-0.39, 0.29) is 22.3 Å². The van der Waals surface area contributed by atoms with Crippen molar-refractivity contribution in [2.75, 3.05) is 18.6 Å². The minimum absolute atomic E-state index is 0.0286. The quantitative estimate of drug-likeness (QED) is 0.637. The molecule has 0 radical (unpaired) electrons. The first-order valence-electron chi connectivity index (χ1n) is 5.32. The first kappa shape index (κ1) is 15.5. The molecule has 102 valence electrons. The van der Waals surface area contributed by atoms with Gasteiger partial charge < -0.3 is 5.32 Å². The van der Waals surface area contributed by atoms with E-state index < -0.39 is 21.5 Å². The molecule has 0 atom stereocenters. The normalized spacial score (nSPS) is 11.8. The minimum atomic E-state index is -2.99. The highest BCUT2D eigenvalue weighted by Gasteiger charge is 2.11. The van der Waals surface area contributed by atoms with Gasteiger partial charge in [0, 0.05) is 18.4 Å². The molecule has 0 saturated carbocycles. The van der Waals surface area contributed by atoms with Crippen LogP contribution < -0.4 is 5.32 Å². The number of hydrogen-bond donors (Lipinski definition) is 1. The summed E-state index contributed by atoms with van der Waals surface area (Å²) in [4.78, 5) is 0. The molecule has 1 aromatic rings. The third-order valence-electron chi connectivity index (χ3n) is 2.31. The fourth-order valence-electron chi connectivity index (χ4n) is 1.40. The van der Waals surface area contributed by atoms with Gasteiger partial charge in [-0.1, -0.05) is 0 Å². The second kappa shape index (κ2) is 6.58. The van der Waals surface area contributed by atoms with Crippen molar-refractivity contribution in [2.45, 2.75) is 13.0 Å². The molecule has 7 heteroatoms. The zero-order chi connectivity index (χ0) is 13.8. The van der Waals surface area contributed by atoms with E-state index in [2.05, 4.69) is 21.2 Å². The summed E-state index contributed by atoms with van der Waals surface area (Å²) in [6, 6.07) is 2.48. The van der Waals surface area contributed by atoms with Crippen LogP contribution in [0.3, 0.4) is 0 Å². The molecule has 0 aliphatic rings. The van der Waals surface area contributed by atoms with E-state index in [9.17, 15) is 17.2 Å². The molecule has 1 rings (SSSR count). The summed E-state index contributed by atoms with van der Waals surface area (Å²) in [7, 11) is -2.99. The average molecular weight is 342 g/mol. The van der Waals surface area contributed by atoms with Gasteiger partial charge in [-0.15, -0.1) is 0 Å². The third-order valence-corrected chi connectivity index (χ3v) is 3.95. The molecule has 0 bridgehead atoms. The monoisotopic (exact) mass is 341 g/mol. The van der Waals surface area contributed by atoms with Crippen molar-refractivity contribution >= 4 is 25.8 Å². The van der Waals surface area contributed by atoms with Gasteiger partial charge >= 0.3 is 0 Å². The van der Waals surface area contributed by atoms with E-state index in [0.717, 1.165) is 6.26 Å². The Bertz CT molecular complexity index is 520. The summed E-state index contributed by atoms with van der Waals surface area (Å²) in [5.74, 6) is -1.19. The van der Waals surface area contributed by atoms with Gasteiger partial charge in [0.1, 0.15) is 21.5 Å². The molecule has 1 aromatic carbocycles. The Hall–Kier alpha value is -0.530. The van der Waals surface area contributed by atoms with Crippen LogP contribution in [0.15, 0.2) is 16.6 Å². The van der Waals surface area contributed by atoms with Crippen molar-refractivity contribution < 1.29 is 17.2 Å². The standard InChI is InChI=1S/C11H14BrF2NO2S/c1-18(16,17)6-2-5-15-7-8-10(13)4-3-9(12)11(8)14/h3-4,15H,2,5-7H2,1H3. The van der Waals surface area contributed by atoms with Crippen molar-refractivity contribution in [1.29, 1.82) is 0 Å². The zero-order valence-electron chi connectivity index (χ0n) is 9.84. The lowest BCUT2D eigenvalue weighted by Crippen LogP contribution is -2.19. The number of hydrogen-bond acceptors (Lipinski definition) is 3. The van der Waals surface area contributed by atoms with Crippen LogP contribution in [0.1, 0.15) is 12.0 Å². The fraction of sp³-hybridized carbons (Fsp3) is 0.455. The number of halogens is 3. The topological polar surface area (TPSA) is 46.2 Å². The second-order valence-electron chi connectivity index (χ2n) is 3.98. The molecule has 0 aromatic heterocycles. The SMILES string of the molecule is CS(=O)(=O)CCCNCc1c(F)ccc(Br)c1F. The first-order valence-corrected chi connectivity index (χ1v) is 8.17. The second-order valence-corrected chi connectivity index (χ2v) is 7.10. The molecule has 0 aliphatic carbocycles. The van der Waals surface area contributed by atoms with Crippen molar-refractivity contribution in [3.05, 3.63) is 33.8 Å². The smallest absolute Gasteiger partial charge is 0.147 e.